The SMILES string of the molecule is Cc1cc(Cl)nc(N(C)C)c1. The number of hydrogen-bond donors (Lipinski definition) is 0. The molecular weight excluding hydrogens is 160 g/mol. The Labute approximate surface area is 71.8 Å². The Morgan fingerprint density at radius 1 is 1.36 bits per heavy atom. The molecule has 0 spiro atoms. The molecule has 0 atom stereocenters. The minimum Gasteiger partial charge on any atom is -0.363 e. The van der Waals surface area contributed by atoms with Crippen LogP contribution in [0.1, 0.15) is 5.56 Å². The number of pyridine rings is 1. The van der Waals surface area contributed by atoms with Crippen LogP contribution in [0.2, 0.25) is 5.15 Å². The van der Waals surface area contributed by atoms with E-state index in [1.54, 1.807) is 0 Å². The van der Waals surface area contributed by atoms with Crippen LogP contribution in [-0.4, -0.2) is 19.1 Å². The molecule has 0 bridgehead atoms. The smallest absolute Gasteiger partial charge is 0.131 e. The maximum atomic E-state index is 5.76. The van der Waals surface area contributed by atoms with Gasteiger partial charge in [0.2, 0.25) is 0 Å². The minimum absolute atomic E-state index is 0.550. The standard InChI is InChI=1S/C8H11ClN2/c1-6-4-7(9)10-8(5-6)11(2)3/h4-5H,1-3H3. The molecule has 0 fully saturated rings. The normalized spacial score (nSPS) is 9.82. The molecule has 0 N–H and O–H groups in total. The van der Waals surface area contributed by atoms with Gasteiger partial charge < -0.3 is 4.90 Å². The third kappa shape index (κ3) is 2.09. The molecule has 60 valence electrons. The van der Waals surface area contributed by atoms with E-state index in [-0.39, 0.29) is 0 Å². The fraction of sp³-hybridized carbons (Fsp3) is 0.375. The first-order chi connectivity index (χ1) is 5.09. The van der Waals surface area contributed by atoms with E-state index >= 15 is 0 Å². The summed E-state index contributed by atoms with van der Waals surface area (Å²) in [6, 6.07) is 3.83. The van der Waals surface area contributed by atoms with Crippen LogP contribution in [0.5, 0.6) is 0 Å². The van der Waals surface area contributed by atoms with Crippen LogP contribution in [-0.2, 0) is 0 Å². The zero-order chi connectivity index (χ0) is 8.43. The summed E-state index contributed by atoms with van der Waals surface area (Å²) in [4.78, 5) is 6.05. The molecule has 0 saturated heterocycles. The van der Waals surface area contributed by atoms with Crippen LogP contribution in [0.4, 0.5) is 5.82 Å². The van der Waals surface area contributed by atoms with Crippen molar-refractivity contribution in [1.82, 2.24) is 4.98 Å². The second-order valence-electron chi connectivity index (χ2n) is 2.72. The number of aryl methyl sites for hydroxylation is 1. The highest BCUT2D eigenvalue weighted by Crippen LogP contribution is 2.14. The Kier molecular flexibility index (Phi) is 2.35. The summed E-state index contributed by atoms with van der Waals surface area (Å²) < 4.78 is 0. The Bertz CT molecular complexity index is 238. The van der Waals surface area contributed by atoms with E-state index in [9.17, 15) is 0 Å². The van der Waals surface area contributed by atoms with E-state index in [0.717, 1.165) is 11.4 Å². The Hall–Kier alpha value is -0.760. The van der Waals surface area contributed by atoms with Crippen molar-refractivity contribution in [3.8, 4) is 0 Å². The van der Waals surface area contributed by atoms with Gasteiger partial charge in [0.25, 0.3) is 0 Å². The highest BCUT2D eigenvalue weighted by Gasteiger charge is 1.98. The molecule has 0 aromatic carbocycles. The number of hydrogen-bond acceptors (Lipinski definition) is 2. The fourth-order valence-corrected chi connectivity index (χ4v) is 1.09. The highest BCUT2D eigenvalue weighted by molar-refractivity contribution is 6.29. The van der Waals surface area contributed by atoms with Gasteiger partial charge in [0, 0.05) is 14.1 Å². The summed E-state index contributed by atoms with van der Waals surface area (Å²) in [7, 11) is 3.89. The maximum Gasteiger partial charge on any atom is 0.131 e. The predicted octanol–water partition coefficient (Wildman–Crippen LogP) is 2.11. The number of aromatic nitrogens is 1. The topological polar surface area (TPSA) is 16.1 Å². The second-order valence-corrected chi connectivity index (χ2v) is 3.11. The molecule has 0 amide bonds. The zero-order valence-electron chi connectivity index (χ0n) is 6.93. The van der Waals surface area contributed by atoms with E-state index in [1.165, 1.54) is 0 Å². The minimum atomic E-state index is 0.550. The molecule has 1 heterocycles. The van der Waals surface area contributed by atoms with E-state index < -0.39 is 0 Å². The van der Waals surface area contributed by atoms with Crippen LogP contribution in [0.3, 0.4) is 0 Å². The third-order valence-electron chi connectivity index (χ3n) is 1.38. The maximum absolute atomic E-state index is 5.76. The number of anilines is 1. The van der Waals surface area contributed by atoms with Gasteiger partial charge in [-0.3, -0.25) is 0 Å². The van der Waals surface area contributed by atoms with Crippen LogP contribution in [0, 0.1) is 6.92 Å². The molecule has 0 aliphatic rings. The molecule has 0 unspecified atom stereocenters. The summed E-state index contributed by atoms with van der Waals surface area (Å²) >= 11 is 5.76. The Balaban J connectivity index is 3.08. The third-order valence-corrected chi connectivity index (χ3v) is 1.58. The summed E-state index contributed by atoms with van der Waals surface area (Å²) in [5.74, 6) is 0.898. The van der Waals surface area contributed by atoms with Crippen molar-refractivity contribution in [3.05, 3.63) is 22.8 Å². The fourth-order valence-electron chi connectivity index (χ4n) is 0.836. The molecule has 3 heteroatoms. The average molecular weight is 171 g/mol. The quantitative estimate of drug-likeness (QED) is 0.601. The lowest BCUT2D eigenvalue weighted by molar-refractivity contribution is 1.06. The summed E-state index contributed by atoms with van der Waals surface area (Å²) in [6.45, 7) is 2.00. The summed E-state index contributed by atoms with van der Waals surface area (Å²) in [5.41, 5.74) is 1.13. The summed E-state index contributed by atoms with van der Waals surface area (Å²) in [5, 5.41) is 0.550. The second kappa shape index (κ2) is 3.09. The highest BCUT2D eigenvalue weighted by atomic mass is 35.5. The monoisotopic (exact) mass is 170 g/mol. The van der Waals surface area contributed by atoms with Crippen molar-refractivity contribution in [1.29, 1.82) is 0 Å². The molecule has 0 aliphatic heterocycles. The van der Waals surface area contributed by atoms with Crippen molar-refractivity contribution >= 4 is 17.4 Å². The van der Waals surface area contributed by atoms with Crippen molar-refractivity contribution < 1.29 is 0 Å². The largest absolute Gasteiger partial charge is 0.363 e. The lowest BCUT2D eigenvalue weighted by Crippen LogP contribution is -2.10. The average Bonchev–Trinajstić information content (AvgIpc) is 1.85. The van der Waals surface area contributed by atoms with Crippen molar-refractivity contribution in [3.63, 3.8) is 0 Å². The van der Waals surface area contributed by atoms with E-state index in [4.69, 9.17) is 11.6 Å². The molecule has 0 aliphatic carbocycles. The van der Waals surface area contributed by atoms with Gasteiger partial charge in [-0.05, 0) is 24.6 Å². The van der Waals surface area contributed by atoms with Gasteiger partial charge in [-0.15, -0.1) is 0 Å². The van der Waals surface area contributed by atoms with Crippen molar-refractivity contribution in [2.75, 3.05) is 19.0 Å². The number of rotatable bonds is 1. The molecule has 2 nitrogen and oxygen atoms in total. The van der Waals surface area contributed by atoms with Crippen LogP contribution >= 0.6 is 11.6 Å². The van der Waals surface area contributed by atoms with Gasteiger partial charge >= 0.3 is 0 Å². The first kappa shape index (κ1) is 8.34. The Morgan fingerprint density at radius 2 is 2.00 bits per heavy atom. The molecule has 11 heavy (non-hydrogen) atoms. The van der Waals surface area contributed by atoms with Gasteiger partial charge in [0.15, 0.2) is 0 Å². The molecule has 1 aromatic heterocycles. The molecule has 0 saturated carbocycles. The number of halogens is 1. The van der Waals surface area contributed by atoms with Gasteiger partial charge in [-0.2, -0.15) is 0 Å². The number of nitrogens with zero attached hydrogens (tertiary/aromatic N) is 2. The van der Waals surface area contributed by atoms with Gasteiger partial charge in [-0.25, -0.2) is 4.98 Å². The Morgan fingerprint density at radius 3 is 2.45 bits per heavy atom. The first-order valence-electron chi connectivity index (χ1n) is 3.41. The van der Waals surface area contributed by atoms with E-state index in [2.05, 4.69) is 4.98 Å². The van der Waals surface area contributed by atoms with Crippen LogP contribution < -0.4 is 4.90 Å². The van der Waals surface area contributed by atoms with Crippen LogP contribution in [0.15, 0.2) is 12.1 Å². The van der Waals surface area contributed by atoms with Gasteiger partial charge in [0.1, 0.15) is 11.0 Å². The van der Waals surface area contributed by atoms with Crippen LogP contribution in [0.25, 0.3) is 0 Å². The van der Waals surface area contributed by atoms with Gasteiger partial charge in [-0.1, -0.05) is 11.6 Å². The molecular formula is C8H11ClN2. The van der Waals surface area contributed by atoms with E-state index in [1.807, 2.05) is 38.1 Å². The molecule has 1 rings (SSSR count). The van der Waals surface area contributed by atoms with Crippen molar-refractivity contribution in [2.45, 2.75) is 6.92 Å². The first-order valence-corrected chi connectivity index (χ1v) is 3.79. The molecule has 0 radical (unpaired) electrons. The molecule has 1 aromatic rings. The van der Waals surface area contributed by atoms with Crippen molar-refractivity contribution in [2.24, 2.45) is 0 Å². The van der Waals surface area contributed by atoms with Gasteiger partial charge in [0.05, 0.1) is 0 Å². The lowest BCUT2D eigenvalue weighted by atomic mass is 10.3. The lowest BCUT2D eigenvalue weighted by Gasteiger charge is -2.11. The predicted molar refractivity (Wildman–Crippen MR) is 48.3 cm³/mol. The zero-order valence-corrected chi connectivity index (χ0v) is 7.68. The van der Waals surface area contributed by atoms with E-state index in [0.29, 0.717) is 5.15 Å². The summed E-state index contributed by atoms with van der Waals surface area (Å²) in [6.07, 6.45) is 0.